The Kier molecular flexibility index (Phi) is 4.00. The molecule has 100 valence electrons. The van der Waals surface area contributed by atoms with Crippen molar-refractivity contribution < 1.29 is 9.59 Å². The van der Waals surface area contributed by atoms with Crippen LogP contribution in [0.4, 0.5) is 0 Å². The lowest BCUT2D eigenvalue weighted by Gasteiger charge is -2.01. The number of rotatable bonds is 6. The Balaban J connectivity index is 2.46. The molecular formula is C15H18N2O2. The fourth-order valence-corrected chi connectivity index (χ4v) is 2.32. The van der Waals surface area contributed by atoms with Crippen molar-refractivity contribution in [1.82, 2.24) is 4.98 Å². The number of nitrogens with two attached hydrogens (primary N) is 1. The van der Waals surface area contributed by atoms with Crippen molar-refractivity contribution in [2.75, 3.05) is 0 Å². The second-order valence-electron chi connectivity index (χ2n) is 4.67. The van der Waals surface area contributed by atoms with E-state index in [1.54, 1.807) is 0 Å². The molecule has 0 bridgehead atoms. The van der Waals surface area contributed by atoms with Gasteiger partial charge in [0.25, 0.3) is 11.7 Å². The predicted octanol–water partition coefficient (Wildman–Crippen LogP) is 2.57. The van der Waals surface area contributed by atoms with E-state index in [0.29, 0.717) is 5.56 Å². The average molecular weight is 258 g/mol. The van der Waals surface area contributed by atoms with Gasteiger partial charge in [-0.05, 0) is 18.9 Å². The van der Waals surface area contributed by atoms with Crippen molar-refractivity contribution in [3.05, 3.63) is 35.5 Å². The number of aryl methyl sites for hydroxylation is 1. The zero-order valence-corrected chi connectivity index (χ0v) is 11.0. The zero-order valence-electron chi connectivity index (χ0n) is 11.0. The lowest BCUT2D eigenvalue weighted by molar-refractivity contribution is -0.114. The van der Waals surface area contributed by atoms with E-state index in [1.165, 1.54) is 0 Å². The Hall–Kier alpha value is -2.10. The molecule has 0 unspecified atom stereocenters. The highest BCUT2D eigenvalue weighted by Crippen LogP contribution is 2.24. The van der Waals surface area contributed by atoms with Crippen LogP contribution >= 0.6 is 0 Å². The van der Waals surface area contributed by atoms with E-state index >= 15 is 0 Å². The van der Waals surface area contributed by atoms with E-state index in [2.05, 4.69) is 11.9 Å². The lowest BCUT2D eigenvalue weighted by atomic mass is 10.0. The molecule has 0 radical (unpaired) electrons. The Bertz CT molecular complexity index is 614. The summed E-state index contributed by atoms with van der Waals surface area (Å²) in [5, 5.41) is 0.776. The number of ketones is 1. The van der Waals surface area contributed by atoms with Crippen LogP contribution in [0, 0.1) is 0 Å². The number of fused-ring (bicyclic) bond motifs is 1. The fourth-order valence-electron chi connectivity index (χ4n) is 2.32. The van der Waals surface area contributed by atoms with E-state index in [4.69, 9.17) is 5.73 Å². The molecule has 0 aliphatic carbocycles. The smallest absolute Gasteiger partial charge is 0.289 e. The van der Waals surface area contributed by atoms with Crippen LogP contribution in [0.2, 0.25) is 0 Å². The molecule has 1 aromatic heterocycles. The summed E-state index contributed by atoms with van der Waals surface area (Å²) in [6.45, 7) is 2.13. The third-order valence-corrected chi connectivity index (χ3v) is 3.26. The molecule has 0 aliphatic heterocycles. The normalized spacial score (nSPS) is 10.8. The minimum Gasteiger partial charge on any atom is -0.363 e. The number of nitrogens with one attached hydrogen (secondary N) is 1. The number of hydrogen-bond acceptors (Lipinski definition) is 2. The Morgan fingerprint density at radius 1 is 1.21 bits per heavy atom. The van der Waals surface area contributed by atoms with E-state index in [-0.39, 0.29) is 0 Å². The minimum absolute atomic E-state index is 0.444. The van der Waals surface area contributed by atoms with E-state index in [1.807, 2.05) is 24.3 Å². The molecular weight excluding hydrogens is 240 g/mol. The summed E-state index contributed by atoms with van der Waals surface area (Å²) >= 11 is 0. The maximum absolute atomic E-state index is 12.0. The summed E-state index contributed by atoms with van der Waals surface area (Å²) in [5.41, 5.74) is 7.27. The summed E-state index contributed by atoms with van der Waals surface area (Å²) in [4.78, 5) is 26.4. The Morgan fingerprint density at radius 2 is 1.95 bits per heavy atom. The molecule has 0 saturated carbocycles. The third kappa shape index (κ3) is 2.67. The first-order valence-corrected chi connectivity index (χ1v) is 6.58. The zero-order chi connectivity index (χ0) is 13.8. The molecule has 0 fully saturated rings. The number of carbonyl (C=O) groups excluding carboxylic acids is 2. The van der Waals surface area contributed by atoms with Crippen LogP contribution in [0.1, 0.15) is 42.2 Å². The maximum Gasteiger partial charge on any atom is 0.289 e. The van der Waals surface area contributed by atoms with Crippen LogP contribution in [-0.2, 0) is 11.2 Å². The monoisotopic (exact) mass is 258 g/mol. The molecule has 1 heterocycles. The van der Waals surface area contributed by atoms with Crippen LogP contribution in [-0.4, -0.2) is 16.7 Å². The largest absolute Gasteiger partial charge is 0.363 e. The van der Waals surface area contributed by atoms with Crippen molar-refractivity contribution in [2.24, 2.45) is 5.73 Å². The summed E-state index contributed by atoms with van der Waals surface area (Å²) in [5.74, 6) is -1.51. The standard InChI is InChI=1S/C15H18N2O2/c1-2-3-4-9-12-13(14(18)15(16)19)10-7-5-6-8-11(10)17-12/h5-8,17H,2-4,9H2,1H3,(H2,16,19). The van der Waals surface area contributed by atoms with Crippen LogP contribution in [0.25, 0.3) is 10.9 Å². The fraction of sp³-hybridized carbons (Fsp3) is 0.333. The van der Waals surface area contributed by atoms with Crippen molar-refractivity contribution in [1.29, 1.82) is 0 Å². The van der Waals surface area contributed by atoms with Gasteiger partial charge in [0.1, 0.15) is 0 Å². The minimum atomic E-state index is -0.901. The van der Waals surface area contributed by atoms with Gasteiger partial charge in [0.2, 0.25) is 0 Å². The molecule has 0 saturated heterocycles. The summed E-state index contributed by atoms with van der Waals surface area (Å²) in [7, 11) is 0. The van der Waals surface area contributed by atoms with Gasteiger partial charge in [-0.25, -0.2) is 0 Å². The molecule has 2 aromatic rings. The van der Waals surface area contributed by atoms with Crippen LogP contribution < -0.4 is 5.73 Å². The first kappa shape index (κ1) is 13.3. The van der Waals surface area contributed by atoms with E-state index in [0.717, 1.165) is 42.3 Å². The first-order valence-electron chi connectivity index (χ1n) is 6.58. The van der Waals surface area contributed by atoms with Gasteiger partial charge in [-0.15, -0.1) is 0 Å². The van der Waals surface area contributed by atoms with Gasteiger partial charge in [0, 0.05) is 16.6 Å². The quantitative estimate of drug-likeness (QED) is 0.474. The van der Waals surface area contributed by atoms with Gasteiger partial charge in [-0.3, -0.25) is 9.59 Å². The average Bonchev–Trinajstić information content (AvgIpc) is 2.76. The van der Waals surface area contributed by atoms with E-state index in [9.17, 15) is 9.59 Å². The van der Waals surface area contributed by atoms with Crippen molar-refractivity contribution in [3.8, 4) is 0 Å². The number of Topliss-reactive ketones (excluding diaryl/α,β-unsaturated/α-hetero) is 1. The van der Waals surface area contributed by atoms with Gasteiger partial charge >= 0.3 is 0 Å². The summed E-state index contributed by atoms with van der Waals surface area (Å²) < 4.78 is 0. The van der Waals surface area contributed by atoms with Crippen LogP contribution in [0.5, 0.6) is 0 Å². The highest BCUT2D eigenvalue weighted by Gasteiger charge is 2.21. The van der Waals surface area contributed by atoms with Gasteiger partial charge in [0.05, 0.1) is 5.56 Å². The number of carbonyl (C=O) groups is 2. The summed E-state index contributed by atoms with van der Waals surface area (Å²) in [6.07, 6.45) is 3.96. The second kappa shape index (κ2) is 5.69. The van der Waals surface area contributed by atoms with Gasteiger partial charge in [0.15, 0.2) is 0 Å². The topological polar surface area (TPSA) is 75.9 Å². The van der Waals surface area contributed by atoms with Crippen molar-refractivity contribution in [2.45, 2.75) is 32.6 Å². The molecule has 2 rings (SSSR count). The molecule has 0 spiro atoms. The molecule has 0 atom stereocenters. The number of H-pyrrole nitrogens is 1. The lowest BCUT2D eigenvalue weighted by Crippen LogP contribution is -2.23. The maximum atomic E-state index is 12.0. The molecule has 4 heteroatoms. The second-order valence-corrected chi connectivity index (χ2v) is 4.67. The number of unbranched alkanes of at least 4 members (excludes halogenated alkanes) is 2. The Morgan fingerprint density at radius 3 is 2.63 bits per heavy atom. The first-order chi connectivity index (χ1) is 9.15. The highest BCUT2D eigenvalue weighted by atomic mass is 16.2. The molecule has 19 heavy (non-hydrogen) atoms. The third-order valence-electron chi connectivity index (χ3n) is 3.26. The number of hydrogen-bond donors (Lipinski definition) is 2. The number of para-hydroxylation sites is 1. The molecule has 0 aliphatic rings. The van der Waals surface area contributed by atoms with Crippen molar-refractivity contribution >= 4 is 22.6 Å². The van der Waals surface area contributed by atoms with Crippen LogP contribution in [0.3, 0.4) is 0 Å². The predicted molar refractivity (Wildman–Crippen MR) is 75.1 cm³/mol. The van der Waals surface area contributed by atoms with Gasteiger partial charge in [-0.1, -0.05) is 38.0 Å². The van der Waals surface area contributed by atoms with Gasteiger partial charge < -0.3 is 10.7 Å². The SMILES string of the molecule is CCCCCc1[nH]c2ccccc2c1C(=O)C(N)=O. The number of primary amides is 1. The molecule has 3 N–H and O–H groups in total. The summed E-state index contributed by atoms with van der Waals surface area (Å²) in [6, 6.07) is 7.48. The molecule has 4 nitrogen and oxygen atoms in total. The van der Waals surface area contributed by atoms with Gasteiger partial charge in [-0.2, -0.15) is 0 Å². The van der Waals surface area contributed by atoms with E-state index < -0.39 is 11.7 Å². The number of benzene rings is 1. The number of aromatic nitrogens is 1. The highest BCUT2D eigenvalue weighted by molar-refractivity contribution is 6.44. The Labute approximate surface area is 112 Å². The van der Waals surface area contributed by atoms with Crippen LogP contribution in [0.15, 0.2) is 24.3 Å². The molecule has 1 amide bonds. The number of aromatic amines is 1. The number of amides is 1. The molecule has 1 aromatic carbocycles. The van der Waals surface area contributed by atoms with Crippen molar-refractivity contribution in [3.63, 3.8) is 0 Å².